The number of fused-ring (bicyclic) bond motifs is 1. The minimum atomic E-state index is -0.362. The third-order valence-electron chi connectivity index (χ3n) is 8.69. The monoisotopic (exact) mass is 577 g/mol. The van der Waals surface area contributed by atoms with Crippen LogP contribution in [0.15, 0.2) is 42.5 Å². The Morgan fingerprint density at radius 3 is 2.29 bits per heavy atom. The van der Waals surface area contributed by atoms with Gasteiger partial charge in [-0.2, -0.15) is 0 Å². The van der Waals surface area contributed by atoms with Gasteiger partial charge in [-0.3, -0.25) is 4.79 Å². The first-order valence-electron chi connectivity index (χ1n) is 16.5. The van der Waals surface area contributed by atoms with E-state index in [0.717, 1.165) is 76.4 Å². The molecule has 3 N–H and O–H groups in total. The number of benzene rings is 2. The number of nitrogens with two attached hydrogens (primary N) is 1. The number of hydrogen-bond acceptors (Lipinski definition) is 4. The van der Waals surface area contributed by atoms with Crippen LogP contribution in [0.1, 0.15) is 105 Å². The van der Waals surface area contributed by atoms with E-state index in [2.05, 4.69) is 36.3 Å². The van der Waals surface area contributed by atoms with Gasteiger partial charge in [-0.1, -0.05) is 75.1 Å². The first-order valence-corrected chi connectivity index (χ1v) is 16.5. The van der Waals surface area contributed by atoms with Gasteiger partial charge in [-0.05, 0) is 119 Å². The number of amides is 2. The van der Waals surface area contributed by atoms with Gasteiger partial charge in [-0.25, -0.2) is 4.79 Å². The van der Waals surface area contributed by atoms with Crippen LogP contribution in [0.3, 0.4) is 0 Å². The number of hydrogen-bond donors (Lipinski definition) is 2. The molecule has 0 spiro atoms. The molecule has 1 aliphatic carbocycles. The Balaban J connectivity index is 1.43. The van der Waals surface area contributed by atoms with E-state index in [-0.39, 0.29) is 24.5 Å². The largest absolute Gasteiger partial charge is 0.445 e. The average Bonchev–Trinajstić information content (AvgIpc) is 3.00. The van der Waals surface area contributed by atoms with Crippen molar-refractivity contribution in [1.82, 2.24) is 10.2 Å². The number of nitrogens with one attached hydrogen (secondary N) is 1. The lowest BCUT2D eigenvalue weighted by molar-refractivity contribution is -0.122. The van der Waals surface area contributed by atoms with Crippen molar-refractivity contribution in [2.45, 2.75) is 110 Å². The van der Waals surface area contributed by atoms with Crippen LogP contribution in [0.2, 0.25) is 0 Å². The second-order valence-corrected chi connectivity index (χ2v) is 12.2. The van der Waals surface area contributed by atoms with Gasteiger partial charge >= 0.3 is 6.09 Å². The van der Waals surface area contributed by atoms with Gasteiger partial charge in [-0.15, -0.1) is 0 Å². The molecule has 6 nitrogen and oxygen atoms in total. The predicted octanol–water partition coefficient (Wildman–Crippen LogP) is 7.14. The third-order valence-corrected chi connectivity index (χ3v) is 8.69. The van der Waals surface area contributed by atoms with Crippen LogP contribution < -0.4 is 11.1 Å². The smallest absolute Gasteiger partial charge is 0.407 e. The lowest BCUT2D eigenvalue weighted by Crippen LogP contribution is -2.27. The topological polar surface area (TPSA) is 84.7 Å². The van der Waals surface area contributed by atoms with Gasteiger partial charge in [0.15, 0.2) is 0 Å². The normalized spacial score (nSPS) is 13.5. The summed E-state index contributed by atoms with van der Waals surface area (Å²) in [7, 11) is 2.21. The number of aryl methyl sites for hydroxylation is 1. The van der Waals surface area contributed by atoms with Crippen molar-refractivity contribution in [2.24, 2.45) is 11.7 Å². The zero-order valence-corrected chi connectivity index (χ0v) is 26.3. The summed E-state index contributed by atoms with van der Waals surface area (Å²) in [6.07, 6.45) is 16.2. The summed E-state index contributed by atoms with van der Waals surface area (Å²) >= 11 is 0. The van der Waals surface area contributed by atoms with Gasteiger partial charge in [0.1, 0.15) is 6.61 Å². The summed E-state index contributed by atoms with van der Waals surface area (Å²) in [5.41, 5.74) is 12.6. The van der Waals surface area contributed by atoms with Crippen molar-refractivity contribution < 1.29 is 14.3 Å². The van der Waals surface area contributed by atoms with Crippen LogP contribution >= 0.6 is 0 Å². The molecule has 0 aromatic heterocycles. The standard InChI is InChI=1S/C36H55N3O3/c1-3-4-5-14-25-39(2)26-15-12-19-32(35(37)40)27-31-23-22-30(33-20-9-10-21-34(31)33)18-11-13-24-38-36(41)42-28-29-16-7-6-8-17-29/h6-8,16-17,22-23,32H,3-5,9-15,18-21,24-28H2,1-2H3,(H2,37,40)(H,38,41)/t32-/m0/s1. The molecule has 0 unspecified atom stereocenters. The average molecular weight is 578 g/mol. The summed E-state index contributed by atoms with van der Waals surface area (Å²) in [5, 5.41) is 2.88. The Hall–Kier alpha value is -2.86. The number of alkyl carbamates (subject to hydrolysis) is 1. The van der Waals surface area contributed by atoms with Crippen LogP contribution in [-0.4, -0.2) is 43.6 Å². The highest BCUT2D eigenvalue weighted by molar-refractivity contribution is 5.77. The first kappa shape index (κ1) is 33.6. The quantitative estimate of drug-likeness (QED) is 0.164. The minimum absolute atomic E-state index is 0.0931. The molecule has 0 heterocycles. The first-order chi connectivity index (χ1) is 20.5. The molecule has 1 aliphatic rings. The number of rotatable bonds is 20. The maximum absolute atomic E-state index is 12.4. The third kappa shape index (κ3) is 12.2. The maximum atomic E-state index is 12.4. The summed E-state index contributed by atoms with van der Waals surface area (Å²) in [6, 6.07) is 14.3. The van der Waals surface area contributed by atoms with E-state index in [4.69, 9.17) is 10.5 Å². The molecular weight excluding hydrogens is 522 g/mol. The fourth-order valence-electron chi connectivity index (χ4n) is 6.15. The highest BCUT2D eigenvalue weighted by Crippen LogP contribution is 2.31. The van der Waals surface area contributed by atoms with Gasteiger partial charge < -0.3 is 20.7 Å². The number of ether oxygens (including phenoxy) is 1. The molecule has 0 saturated heterocycles. The highest BCUT2D eigenvalue weighted by atomic mass is 16.5. The number of nitrogens with zero attached hydrogens (tertiary/aromatic N) is 1. The van der Waals surface area contributed by atoms with E-state index < -0.39 is 0 Å². The number of unbranched alkanes of at least 4 members (excludes halogenated alkanes) is 5. The molecule has 42 heavy (non-hydrogen) atoms. The SMILES string of the molecule is CCCCCCN(C)CCCC[C@@H](Cc1ccc(CCCCNC(=O)OCc2ccccc2)c2c1CCCC2)C(N)=O. The highest BCUT2D eigenvalue weighted by Gasteiger charge is 2.22. The molecule has 0 saturated carbocycles. The Morgan fingerprint density at radius 1 is 0.881 bits per heavy atom. The molecule has 3 rings (SSSR count). The molecule has 232 valence electrons. The van der Waals surface area contributed by atoms with E-state index in [0.29, 0.717) is 6.54 Å². The van der Waals surface area contributed by atoms with Gasteiger partial charge in [0.2, 0.25) is 5.91 Å². The molecule has 2 aromatic carbocycles. The van der Waals surface area contributed by atoms with Crippen molar-refractivity contribution >= 4 is 12.0 Å². The lowest BCUT2D eigenvalue weighted by atomic mass is 9.81. The molecule has 0 bridgehead atoms. The van der Waals surface area contributed by atoms with E-state index >= 15 is 0 Å². The zero-order valence-electron chi connectivity index (χ0n) is 26.3. The molecule has 1 atom stereocenters. The van der Waals surface area contributed by atoms with Crippen LogP contribution in [0.25, 0.3) is 0 Å². The van der Waals surface area contributed by atoms with Crippen molar-refractivity contribution in [3.8, 4) is 0 Å². The summed E-state index contributed by atoms with van der Waals surface area (Å²) < 4.78 is 5.31. The zero-order chi connectivity index (χ0) is 30.0. The summed E-state index contributed by atoms with van der Waals surface area (Å²) in [4.78, 5) is 26.9. The van der Waals surface area contributed by atoms with Crippen LogP contribution in [0.5, 0.6) is 0 Å². The molecule has 0 aliphatic heterocycles. The van der Waals surface area contributed by atoms with Gasteiger partial charge in [0.05, 0.1) is 0 Å². The Morgan fingerprint density at radius 2 is 1.57 bits per heavy atom. The van der Waals surface area contributed by atoms with Crippen molar-refractivity contribution in [3.05, 3.63) is 70.3 Å². The molecule has 2 aromatic rings. The number of carbonyl (C=O) groups is 2. The van der Waals surface area contributed by atoms with Crippen LogP contribution in [0.4, 0.5) is 4.79 Å². The Bertz CT molecular complexity index is 1070. The fourth-order valence-corrected chi connectivity index (χ4v) is 6.15. The van der Waals surface area contributed by atoms with Crippen molar-refractivity contribution in [3.63, 3.8) is 0 Å². The molecular formula is C36H55N3O3. The van der Waals surface area contributed by atoms with Crippen LogP contribution in [0, 0.1) is 5.92 Å². The minimum Gasteiger partial charge on any atom is -0.445 e. The number of primary amides is 1. The molecule has 0 fully saturated rings. The second kappa shape index (κ2) is 19.4. The predicted molar refractivity (Wildman–Crippen MR) is 173 cm³/mol. The second-order valence-electron chi connectivity index (χ2n) is 12.2. The molecule has 0 radical (unpaired) electrons. The fraction of sp³-hybridized carbons (Fsp3) is 0.611. The lowest BCUT2D eigenvalue weighted by Gasteiger charge is -2.25. The van der Waals surface area contributed by atoms with Crippen LogP contribution in [-0.2, 0) is 41.8 Å². The van der Waals surface area contributed by atoms with Crippen molar-refractivity contribution in [2.75, 3.05) is 26.7 Å². The van der Waals surface area contributed by atoms with E-state index in [1.807, 2.05) is 30.3 Å². The van der Waals surface area contributed by atoms with E-state index in [1.54, 1.807) is 0 Å². The Labute approximate surface area is 254 Å². The van der Waals surface area contributed by atoms with Gasteiger partial charge in [0.25, 0.3) is 0 Å². The number of carbonyl (C=O) groups excluding carboxylic acids is 2. The van der Waals surface area contributed by atoms with Crippen molar-refractivity contribution in [1.29, 1.82) is 0 Å². The van der Waals surface area contributed by atoms with Gasteiger partial charge in [0, 0.05) is 12.5 Å². The maximum Gasteiger partial charge on any atom is 0.407 e. The Kier molecular flexibility index (Phi) is 15.5. The summed E-state index contributed by atoms with van der Waals surface area (Å²) in [5.74, 6) is -0.254. The molecule has 6 heteroatoms. The molecule has 2 amide bonds. The van der Waals surface area contributed by atoms with E-state index in [1.165, 1.54) is 60.8 Å². The van der Waals surface area contributed by atoms with E-state index in [9.17, 15) is 9.59 Å². The summed E-state index contributed by atoms with van der Waals surface area (Å²) in [6.45, 7) is 5.41.